The molecule has 1 atom stereocenters. The van der Waals surface area contributed by atoms with E-state index in [0.29, 0.717) is 18.1 Å². The van der Waals surface area contributed by atoms with Gasteiger partial charge in [-0.25, -0.2) is 4.98 Å². The normalized spacial score (nSPS) is 20.3. The molecule has 3 rings (SSSR count). The Kier molecular flexibility index (Phi) is 4.53. The van der Waals surface area contributed by atoms with Crippen molar-refractivity contribution in [2.75, 3.05) is 26.7 Å². The molecule has 19 heavy (non-hydrogen) atoms. The number of hydrogen-bond acceptors (Lipinski definition) is 4. The number of ether oxygens (including phenoxy) is 1. The minimum Gasteiger partial charge on any atom is -0.478 e. The number of fused-ring (bicyclic) bond motifs is 1. The quantitative estimate of drug-likeness (QED) is 0.762. The third-order valence-corrected chi connectivity index (χ3v) is 3.20. The van der Waals surface area contributed by atoms with Crippen LogP contribution < -0.4 is 4.74 Å². The molecule has 0 radical (unpaired) electrons. The van der Waals surface area contributed by atoms with Gasteiger partial charge in [-0.2, -0.15) is 5.26 Å². The zero-order valence-corrected chi connectivity index (χ0v) is 11.5. The summed E-state index contributed by atoms with van der Waals surface area (Å²) in [4.78, 5) is 6.28. The van der Waals surface area contributed by atoms with Crippen molar-refractivity contribution < 1.29 is 4.74 Å². The molecule has 1 aliphatic heterocycles. The van der Waals surface area contributed by atoms with Crippen LogP contribution in [0.25, 0.3) is 0 Å². The highest BCUT2D eigenvalue weighted by Crippen LogP contribution is 2.39. The molecule has 4 nitrogen and oxygen atoms in total. The van der Waals surface area contributed by atoms with E-state index in [2.05, 4.69) is 23.0 Å². The SMILES string of the molecule is CCOc1cc(C#N)ccn1.CN1CC=C2CC2C1. The summed E-state index contributed by atoms with van der Waals surface area (Å²) in [7, 11) is 2.19. The molecule has 0 bridgehead atoms. The van der Waals surface area contributed by atoms with Gasteiger partial charge in [0.25, 0.3) is 0 Å². The van der Waals surface area contributed by atoms with E-state index in [1.54, 1.807) is 23.9 Å². The van der Waals surface area contributed by atoms with E-state index in [-0.39, 0.29) is 0 Å². The number of nitriles is 1. The topological polar surface area (TPSA) is 49.1 Å². The van der Waals surface area contributed by atoms with Crippen LogP contribution in [0.5, 0.6) is 5.88 Å². The number of rotatable bonds is 2. The van der Waals surface area contributed by atoms with E-state index in [4.69, 9.17) is 10.00 Å². The molecule has 1 fully saturated rings. The lowest BCUT2D eigenvalue weighted by atomic mass is 10.3. The van der Waals surface area contributed by atoms with Crippen molar-refractivity contribution in [2.24, 2.45) is 5.92 Å². The maximum atomic E-state index is 8.50. The van der Waals surface area contributed by atoms with Crippen molar-refractivity contribution >= 4 is 0 Å². The summed E-state index contributed by atoms with van der Waals surface area (Å²) in [6.07, 6.45) is 5.32. The lowest BCUT2D eigenvalue weighted by Crippen LogP contribution is -2.23. The van der Waals surface area contributed by atoms with Crippen LogP contribution in [0.4, 0.5) is 0 Å². The number of likely N-dealkylation sites (N-methyl/N-ethyl adjacent to an activating group) is 1. The van der Waals surface area contributed by atoms with Gasteiger partial charge in [-0.15, -0.1) is 0 Å². The first-order chi connectivity index (χ1) is 9.22. The van der Waals surface area contributed by atoms with Crippen LogP contribution in [0.3, 0.4) is 0 Å². The number of hydrogen-bond donors (Lipinski definition) is 0. The Bertz CT molecular complexity index is 504. The van der Waals surface area contributed by atoms with Gasteiger partial charge < -0.3 is 9.64 Å². The third kappa shape index (κ3) is 4.08. The van der Waals surface area contributed by atoms with Gasteiger partial charge in [-0.3, -0.25) is 0 Å². The van der Waals surface area contributed by atoms with Crippen molar-refractivity contribution in [1.82, 2.24) is 9.88 Å². The second-order valence-electron chi connectivity index (χ2n) is 4.83. The van der Waals surface area contributed by atoms with Crippen LogP contribution in [0.2, 0.25) is 0 Å². The smallest absolute Gasteiger partial charge is 0.214 e. The monoisotopic (exact) mass is 257 g/mol. The standard InChI is InChI=1S/C8H8N2O.C7H11N/c1-2-11-8-5-7(6-9)3-4-10-8;1-8-3-2-6-4-7(6)5-8/h3-5H,2H2,1H3;2,7H,3-5H2,1H3. The maximum absolute atomic E-state index is 8.50. The Balaban J connectivity index is 0.000000146. The maximum Gasteiger partial charge on any atom is 0.214 e. The van der Waals surface area contributed by atoms with Gasteiger partial charge in [-0.1, -0.05) is 11.6 Å². The molecule has 1 aliphatic carbocycles. The molecule has 0 spiro atoms. The molecule has 2 heterocycles. The van der Waals surface area contributed by atoms with Crippen LogP contribution in [-0.4, -0.2) is 36.6 Å². The van der Waals surface area contributed by atoms with Gasteiger partial charge in [-0.05, 0) is 32.4 Å². The molecule has 0 N–H and O–H groups in total. The molecule has 1 aromatic heterocycles. The largest absolute Gasteiger partial charge is 0.478 e. The fourth-order valence-electron chi connectivity index (χ4n) is 2.09. The van der Waals surface area contributed by atoms with Crippen molar-refractivity contribution in [3.63, 3.8) is 0 Å². The predicted molar refractivity (Wildman–Crippen MR) is 73.8 cm³/mol. The van der Waals surface area contributed by atoms with E-state index in [1.807, 2.05) is 13.0 Å². The van der Waals surface area contributed by atoms with E-state index in [9.17, 15) is 0 Å². The van der Waals surface area contributed by atoms with Crippen LogP contribution in [0.1, 0.15) is 18.9 Å². The first-order valence-corrected chi connectivity index (χ1v) is 6.59. The Labute approximate surface area is 114 Å². The molecular weight excluding hydrogens is 238 g/mol. The Morgan fingerprint density at radius 3 is 3.05 bits per heavy atom. The number of pyridine rings is 1. The second kappa shape index (κ2) is 6.35. The van der Waals surface area contributed by atoms with Crippen LogP contribution in [0.15, 0.2) is 30.0 Å². The highest BCUT2D eigenvalue weighted by atomic mass is 16.5. The molecule has 4 heteroatoms. The third-order valence-electron chi connectivity index (χ3n) is 3.20. The number of nitrogens with zero attached hydrogens (tertiary/aromatic N) is 3. The summed E-state index contributed by atoms with van der Waals surface area (Å²) in [6.45, 7) is 4.94. The molecule has 0 saturated heterocycles. The van der Waals surface area contributed by atoms with Crippen molar-refractivity contribution in [3.05, 3.63) is 35.5 Å². The fourth-order valence-corrected chi connectivity index (χ4v) is 2.09. The van der Waals surface area contributed by atoms with Gasteiger partial charge in [0.15, 0.2) is 0 Å². The van der Waals surface area contributed by atoms with Gasteiger partial charge in [0.05, 0.1) is 18.2 Å². The van der Waals surface area contributed by atoms with Crippen molar-refractivity contribution in [3.8, 4) is 11.9 Å². The van der Waals surface area contributed by atoms with Gasteiger partial charge >= 0.3 is 0 Å². The second-order valence-corrected chi connectivity index (χ2v) is 4.83. The summed E-state index contributed by atoms with van der Waals surface area (Å²) in [5.74, 6) is 1.47. The molecule has 1 saturated carbocycles. The predicted octanol–water partition coefficient (Wildman–Crippen LogP) is 2.23. The molecule has 2 aliphatic rings. The highest BCUT2D eigenvalue weighted by molar-refractivity contribution is 5.31. The zero-order chi connectivity index (χ0) is 13.7. The lowest BCUT2D eigenvalue weighted by Gasteiger charge is -2.15. The summed E-state index contributed by atoms with van der Waals surface area (Å²) >= 11 is 0. The molecular formula is C15H19N3O. The Hall–Kier alpha value is -1.86. The van der Waals surface area contributed by atoms with E-state index in [1.165, 1.54) is 19.5 Å². The van der Waals surface area contributed by atoms with Gasteiger partial charge in [0.1, 0.15) is 0 Å². The molecule has 1 unspecified atom stereocenters. The van der Waals surface area contributed by atoms with Crippen molar-refractivity contribution in [1.29, 1.82) is 5.26 Å². The summed E-state index contributed by atoms with van der Waals surface area (Å²) < 4.78 is 5.09. The van der Waals surface area contributed by atoms with Gasteiger partial charge in [0.2, 0.25) is 5.88 Å². The summed E-state index contributed by atoms with van der Waals surface area (Å²) in [5, 5.41) is 8.50. The van der Waals surface area contributed by atoms with Crippen molar-refractivity contribution in [2.45, 2.75) is 13.3 Å². The van der Waals surface area contributed by atoms with E-state index >= 15 is 0 Å². The first kappa shape index (κ1) is 13.6. The zero-order valence-electron chi connectivity index (χ0n) is 11.5. The van der Waals surface area contributed by atoms with Crippen LogP contribution >= 0.6 is 0 Å². The minimum atomic E-state index is 0.506. The summed E-state index contributed by atoms with van der Waals surface area (Å²) in [5.41, 5.74) is 2.28. The minimum absolute atomic E-state index is 0.506. The Morgan fingerprint density at radius 2 is 2.42 bits per heavy atom. The first-order valence-electron chi connectivity index (χ1n) is 6.59. The molecule has 0 amide bonds. The lowest BCUT2D eigenvalue weighted by molar-refractivity contribution is 0.327. The Morgan fingerprint density at radius 1 is 1.58 bits per heavy atom. The van der Waals surface area contributed by atoms with Crippen LogP contribution in [0, 0.1) is 17.2 Å². The average molecular weight is 257 g/mol. The molecule has 100 valence electrons. The summed E-state index contributed by atoms with van der Waals surface area (Å²) in [6, 6.07) is 5.26. The number of aromatic nitrogens is 1. The van der Waals surface area contributed by atoms with Crippen LogP contribution in [-0.2, 0) is 0 Å². The molecule has 1 aromatic rings. The average Bonchev–Trinajstić information content (AvgIpc) is 3.18. The highest BCUT2D eigenvalue weighted by Gasteiger charge is 2.32. The fraction of sp³-hybridized carbons (Fsp3) is 0.467. The van der Waals surface area contributed by atoms with E-state index < -0.39 is 0 Å². The van der Waals surface area contributed by atoms with Gasteiger partial charge in [0, 0.05) is 25.4 Å². The van der Waals surface area contributed by atoms with E-state index in [0.717, 1.165) is 5.92 Å². The molecule has 0 aromatic carbocycles.